The minimum atomic E-state index is -3.98. The molecular weight excluding hydrogens is 350 g/mol. The molecule has 0 spiro atoms. The molecule has 0 fully saturated rings. The predicted octanol–water partition coefficient (Wildman–Crippen LogP) is 3.19. The Morgan fingerprint density at radius 2 is 1.83 bits per heavy atom. The molecule has 6 nitrogen and oxygen atoms in total. The number of benzene rings is 2. The number of hydrogen-bond acceptors (Lipinski definition) is 6. The molecule has 24 heavy (non-hydrogen) atoms. The van der Waals surface area contributed by atoms with Gasteiger partial charge in [0.1, 0.15) is 15.5 Å². The summed E-state index contributed by atoms with van der Waals surface area (Å²) in [5, 5.41) is 12.5. The first-order valence-electron chi connectivity index (χ1n) is 6.83. The number of fused-ring (bicyclic) bond motifs is 1. The normalized spacial score (nSPS) is 11.4. The Hall–Kier alpha value is -2.58. The van der Waals surface area contributed by atoms with Crippen molar-refractivity contribution in [2.75, 3.05) is 11.8 Å². The monoisotopic (exact) mass is 363 g/mol. The number of rotatable bonds is 4. The smallest absolute Gasteiger partial charge is 0.349 e. The van der Waals surface area contributed by atoms with Crippen molar-refractivity contribution < 1.29 is 23.1 Å². The van der Waals surface area contributed by atoms with Gasteiger partial charge in [-0.05, 0) is 23.6 Å². The van der Waals surface area contributed by atoms with Crippen LogP contribution in [0.15, 0.2) is 52.7 Å². The van der Waals surface area contributed by atoms with Gasteiger partial charge in [-0.15, -0.1) is 11.3 Å². The Balaban J connectivity index is 2.07. The number of hydrogen-bond donors (Lipinski definition) is 2. The van der Waals surface area contributed by atoms with E-state index < -0.39 is 16.0 Å². The summed E-state index contributed by atoms with van der Waals surface area (Å²) in [6, 6.07) is 11.1. The molecule has 0 aliphatic heterocycles. The van der Waals surface area contributed by atoms with Gasteiger partial charge in [0.15, 0.2) is 0 Å². The maximum absolute atomic E-state index is 12.7. The summed E-state index contributed by atoms with van der Waals surface area (Å²) in [6.07, 6.45) is 0. The number of phenolic OH excluding ortho intramolecular Hbond substituents is 1. The zero-order valence-corrected chi connectivity index (χ0v) is 14.1. The highest BCUT2D eigenvalue weighted by Gasteiger charge is 2.25. The summed E-state index contributed by atoms with van der Waals surface area (Å²) in [6.45, 7) is 0. The molecule has 2 N–H and O–H groups in total. The largest absolute Gasteiger partial charge is 0.507 e. The third-order valence-electron chi connectivity index (χ3n) is 3.43. The maximum atomic E-state index is 12.7. The quantitative estimate of drug-likeness (QED) is 0.695. The van der Waals surface area contributed by atoms with Crippen molar-refractivity contribution in [1.82, 2.24) is 0 Å². The number of thiophene rings is 1. The van der Waals surface area contributed by atoms with Crippen LogP contribution in [0.25, 0.3) is 10.8 Å². The first-order valence-corrected chi connectivity index (χ1v) is 9.19. The lowest BCUT2D eigenvalue weighted by atomic mass is 10.1. The molecule has 0 bridgehead atoms. The van der Waals surface area contributed by atoms with Crippen molar-refractivity contribution in [3.63, 3.8) is 0 Å². The first kappa shape index (κ1) is 16.3. The Kier molecular flexibility index (Phi) is 4.16. The number of ether oxygens (including phenoxy) is 1. The van der Waals surface area contributed by atoms with Gasteiger partial charge in [-0.2, -0.15) is 0 Å². The fourth-order valence-electron chi connectivity index (χ4n) is 2.33. The summed E-state index contributed by atoms with van der Waals surface area (Å²) in [4.78, 5) is 11.6. The molecule has 0 unspecified atom stereocenters. The molecule has 0 saturated carbocycles. The van der Waals surface area contributed by atoms with Crippen LogP contribution >= 0.6 is 11.3 Å². The highest BCUT2D eigenvalue weighted by Crippen LogP contribution is 2.32. The number of nitrogens with one attached hydrogen (secondary N) is 1. The van der Waals surface area contributed by atoms with Crippen molar-refractivity contribution >= 4 is 43.8 Å². The molecule has 0 aliphatic carbocycles. The van der Waals surface area contributed by atoms with Crippen LogP contribution in [0.4, 0.5) is 5.69 Å². The summed E-state index contributed by atoms with van der Waals surface area (Å²) in [7, 11) is -2.79. The average Bonchev–Trinajstić information content (AvgIpc) is 3.05. The van der Waals surface area contributed by atoms with E-state index in [0.717, 1.165) is 11.3 Å². The summed E-state index contributed by atoms with van der Waals surface area (Å²) < 4.78 is 32.4. The molecule has 8 heteroatoms. The van der Waals surface area contributed by atoms with Gasteiger partial charge in [-0.3, -0.25) is 4.72 Å². The van der Waals surface area contributed by atoms with Crippen LogP contribution in [-0.2, 0) is 14.8 Å². The number of phenols is 1. The van der Waals surface area contributed by atoms with Crippen LogP contribution in [0.1, 0.15) is 9.67 Å². The molecule has 3 rings (SSSR count). The second-order valence-corrected chi connectivity index (χ2v) is 7.46. The first-order chi connectivity index (χ1) is 11.4. The second kappa shape index (κ2) is 6.14. The van der Waals surface area contributed by atoms with Crippen molar-refractivity contribution in [3.05, 3.63) is 52.7 Å². The highest BCUT2D eigenvalue weighted by atomic mass is 32.2. The van der Waals surface area contributed by atoms with Crippen LogP contribution in [-0.4, -0.2) is 26.6 Å². The Labute approximate surface area is 142 Å². The zero-order chi connectivity index (χ0) is 17.3. The molecule has 0 radical (unpaired) electrons. The molecule has 0 atom stereocenters. The minimum absolute atomic E-state index is 0.00749. The number of carbonyl (C=O) groups is 1. The van der Waals surface area contributed by atoms with E-state index in [-0.39, 0.29) is 15.5 Å². The van der Waals surface area contributed by atoms with Gasteiger partial charge in [-0.25, -0.2) is 13.2 Å². The number of methoxy groups -OCH3 is 1. The fourth-order valence-corrected chi connectivity index (χ4v) is 4.75. The highest BCUT2D eigenvalue weighted by molar-refractivity contribution is 7.93. The minimum Gasteiger partial charge on any atom is -0.507 e. The molecule has 0 amide bonds. The fraction of sp³-hybridized carbons (Fsp3) is 0.0625. The number of carbonyl (C=O) groups excluding carboxylic acids is 1. The average molecular weight is 363 g/mol. The molecule has 0 saturated heterocycles. The van der Waals surface area contributed by atoms with E-state index >= 15 is 0 Å². The van der Waals surface area contributed by atoms with Crippen LogP contribution in [0, 0.1) is 0 Å². The molecule has 124 valence electrons. The van der Waals surface area contributed by atoms with Gasteiger partial charge < -0.3 is 9.84 Å². The van der Waals surface area contributed by atoms with Gasteiger partial charge in [0.2, 0.25) is 0 Å². The van der Waals surface area contributed by atoms with Crippen LogP contribution < -0.4 is 4.72 Å². The predicted molar refractivity (Wildman–Crippen MR) is 92.1 cm³/mol. The van der Waals surface area contributed by atoms with Crippen molar-refractivity contribution in [1.29, 1.82) is 0 Å². The number of esters is 1. The number of aromatic hydroxyl groups is 1. The van der Waals surface area contributed by atoms with Crippen molar-refractivity contribution in [2.24, 2.45) is 0 Å². The van der Waals surface area contributed by atoms with E-state index in [1.165, 1.54) is 24.6 Å². The van der Waals surface area contributed by atoms with Gasteiger partial charge >= 0.3 is 5.97 Å². The van der Waals surface area contributed by atoms with Gasteiger partial charge in [0.05, 0.1) is 12.8 Å². The van der Waals surface area contributed by atoms with Gasteiger partial charge in [0, 0.05) is 10.8 Å². The summed E-state index contributed by atoms with van der Waals surface area (Å²) >= 11 is 0.992. The molecular formula is C16H13NO5S2. The second-order valence-electron chi connectivity index (χ2n) is 4.89. The third-order valence-corrected chi connectivity index (χ3v) is 5.86. The standard InChI is InChI=1S/C16H13NO5S2/c1-22-16(19)15-14(8-9-23-15)24(20,21)17-12-6-2-5-11-10(12)4-3-7-13(11)18/h2-9,17-18H,1H3. The molecule has 1 heterocycles. The van der Waals surface area contributed by atoms with Crippen LogP contribution in [0.5, 0.6) is 5.75 Å². The van der Waals surface area contributed by atoms with E-state index in [1.54, 1.807) is 30.3 Å². The van der Waals surface area contributed by atoms with E-state index in [9.17, 15) is 18.3 Å². The van der Waals surface area contributed by atoms with Crippen LogP contribution in [0.2, 0.25) is 0 Å². The Bertz CT molecular complexity index is 1020. The van der Waals surface area contributed by atoms with Crippen molar-refractivity contribution in [2.45, 2.75) is 4.90 Å². The lowest BCUT2D eigenvalue weighted by molar-refractivity contribution is 0.0602. The van der Waals surface area contributed by atoms with E-state index in [1.807, 2.05) is 0 Å². The van der Waals surface area contributed by atoms with E-state index in [4.69, 9.17) is 0 Å². The third kappa shape index (κ3) is 2.81. The topological polar surface area (TPSA) is 92.7 Å². The molecule has 3 aromatic rings. The number of anilines is 1. The summed E-state index contributed by atoms with van der Waals surface area (Å²) in [5.74, 6) is -0.653. The molecule has 0 aliphatic rings. The van der Waals surface area contributed by atoms with Crippen LogP contribution in [0.3, 0.4) is 0 Å². The lowest BCUT2D eigenvalue weighted by Gasteiger charge is -2.11. The van der Waals surface area contributed by atoms with E-state index in [0.29, 0.717) is 16.5 Å². The SMILES string of the molecule is COC(=O)c1sccc1S(=O)(=O)Nc1cccc2c(O)cccc12. The maximum Gasteiger partial charge on any atom is 0.349 e. The van der Waals surface area contributed by atoms with Gasteiger partial charge in [-0.1, -0.05) is 24.3 Å². The Morgan fingerprint density at radius 1 is 1.12 bits per heavy atom. The molecule has 1 aromatic heterocycles. The number of sulfonamides is 1. The van der Waals surface area contributed by atoms with Gasteiger partial charge in [0.25, 0.3) is 10.0 Å². The lowest BCUT2D eigenvalue weighted by Crippen LogP contribution is -2.15. The van der Waals surface area contributed by atoms with Crippen molar-refractivity contribution in [3.8, 4) is 5.75 Å². The summed E-state index contributed by atoms with van der Waals surface area (Å²) in [5.41, 5.74) is 0.311. The van der Waals surface area contributed by atoms with E-state index in [2.05, 4.69) is 9.46 Å². The molecule has 2 aromatic carbocycles. The Morgan fingerprint density at radius 3 is 2.58 bits per heavy atom. The zero-order valence-electron chi connectivity index (χ0n) is 12.5.